The van der Waals surface area contributed by atoms with Crippen molar-refractivity contribution in [2.75, 3.05) is 19.9 Å². The number of anilines is 1. The van der Waals surface area contributed by atoms with Crippen LogP contribution in [0.3, 0.4) is 0 Å². The second-order valence-corrected chi connectivity index (χ2v) is 4.22. The molecule has 0 saturated carbocycles. The number of nitrogen functional groups attached to an aromatic ring is 1. The zero-order valence-electron chi connectivity index (χ0n) is 10.9. The van der Waals surface area contributed by atoms with Gasteiger partial charge in [0.2, 0.25) is 0 Å². The maximum Gasteiger partial charge on any atom is 0.255 e. The van der Waals surface area contributed by atoms with Gasteiger partial charge in [-0.3, -0.25) is 9.89 Å². The molecule has 0 aliphatic carbocycles. The molecule has 0 unspecified atom stereocenters. The summed E-state index contributed by atoms with van der Waals surface area (Å²) in [5.41, 5.74) is 7.67. The van der Waals surface area contributed by atoms with Crippen molar-refractivity contribution >= 4 is 11.6 Å². The van der Waals surface area contributed by atoms with Gasteiger partial charge >= 0.3 is 0 Å². The third-order valence-electron chi connectivity index (χ3n) is 2.81. The Balaban J connectivity index is 2.14. The molecule has 6 nitrogen and oxygen atoms in total. The Hall–Kier alpha value is -2.50. The largest absolute Gasteiger partial charge is 0.497 e. The molecule has 1 aromatic carbocycles. The maximum absolute atomic E-state index is 12.3. The van der Waals surface area contributed by atoms with Crippen molar-refractivity contribution in [2.24, 2.45) is 0 Å². The first-order valence-corrected chi connectivity index (χ1v) is 5.78. The number of carbonyl (C=O) groups is 1. The number of H-pyrrole nitrogens is 1. The van der Waals surface area contributed by atoms with E-state index in [1.165, 1.54) is 0 Å². The quantitative estimate of drug-likeness (QED) is 0.811. The smallest absolute Gasteiger partial charge is 0.255 e. The molecule has 2 rings (SSSR count). The Bertz CT molecular complexity index is 566. The lowest BCUT2D eigenvalue weighted by Gasteiger charge is -2.17. The van der Waals surface area contributed by atoms with Crippen LogP contribution in [0.5, 0.6) is 5.75 Å². The molecule has 0 atom stereocenters. The van der Waals surface area contributed by atoms with Crippen molar-refractivity contribution in [1.82, 2.24) is 15.1 Å². The number of ether oxygens (including phenoxy) is 1. The van der Waals surface area contributed by atoms with Gasteiger partial charge in [0.1, 0.15) is 5.75 Å². The van der Waals surface area contributed by atoms with E-state index < -0.39 is 0 Å². The van der Waals surface area contributed by atoms with Gasteiger partial charge in [-0.05, 0) is 12.1 Å². The van der Waals surface area contributed by atoms with Crippen molar-refractivity contribution in [1.29, 1.82) is 0 Å². The molecule has 1 amide bonds. The maximum atomic E-state index is 12.3. The Morgan fingerprint density at radius 1 is 1.53 bits per heavy atom. The molecule has 0 radical (unpaired) electrons. The van der Waals surface area contributed by atoms with E-state index >= 15 is 0 Å². The molecule has 1 heterocycles. The SMILES string of the molecule is COc1ccc(C(=O)N(C)Cc2cn[nH]c2)c(N)c1. The molecule has 1 aromatic heterocycles. The van der Waals surface area contributed by atoms with Crippen LogP contribution in [0.15, 0.2) is 30.6 Å². The monoisotopic (exact) mass is 260 g/mol. The third kappa shape index (κ3) is 2.85. The van der Waals surface area contributed by atoms with Crippen molar-refractivity contribution in [3.8, 4) is 5.75 Å². The van der Waals surface area contributed by atoms with Crippen molar-refractivity contribution in [3.63, 3.8) is 0 Å². The number of benzene rings is 1. The van der Waals surface area contributed by atoms with E-state index in [2.05, 4.69) is 10.2 Å². The predicted molar refractivity (Wildman–Crippen MR) is 71.8 cm³/mol. The summed E-state index contributed by atoms with van der Waals surface area (Å²) in [6, 6.07) is 5.02. The van der Waals surface area contributed by atoms with Gasteiger partial charge in [0.05, 0.1) is 18.9 Å². The van der Waals surface area contributed by atoms with Crippen molar-refractivity contribution < 1.29 is 9.53 Å². The van der Waals surface area contributed by atoms with Crippen LogP contribution in [0.1, 0.15) is 15.9 Å². The Morgan fingerprint density at radius 3 is 2.89 bits per heavy atom. The van der Waals surface area contributed by atoms with Crippen LogP contribution in [-0.2, 0) is 6.54 Å². The van der Waals surface area contributed by atoms with E-state index in [1.54, 1.807) is 49.7 Å². The molecular formula is C13H16N4O2. The highest BCUT2D eigenvalue weighted by Crippen LogP contribution is 2.21. The van der Waals surface area contributed by atoms with E-state index in [4.69, 9.17) is 10.5 Å². The minimum Gasteiger partial charge on any atom is -0.497 e. The van der Waals surface area contributed by atoms with Gasteiger partial charge in [0.25, 0.3) is 5.91 Å². The average molecular weight is 260 g/mol. The summed E-state index contributed by atoms with van der Waals surface area (Å²) in [4.78, 5) is 13.9. The summed E-state index contributed by atoms with van der Waals surface area (Å²) in [7, 11) is 3.28. The van der Waals surface area contributed by atoms with Gasteiger partial charge in [-0.25, -0.2) is 0 Å². The predicted octanol–water partition coefficient (Wildman–Crippen LogP) is 1.27. The third-order valence-corrected chi connectivity index (χ3v) is 2.81. The molecule has 3 N–H and O–H groups in total. The number of aromatic amines is 1. The Labute approximate surface area is 111 Å². The molecule has 0 spiro atoms. The highest BCUT2D eigenvalue weighted by atomic mass is 16.5. The van der Waals surface area contributed by atoms with Crippen LogP contribution in [0.2, 0.25) is 0 Å². The van der Waals surface area contributed by atoms with Crippen LogP contribution >= 0.6 is 0 Å². The fraction of sp³-hybridized carbons (Fsp3) is 0.231. The van der Waals surface area contributed by atoms with E-state index in [0.29, 0.717) is 23.5 Å². The number of rotatable bonds is 4. The minimum atomic E-state index is -0.138. The standard InChI is InChI=1S/C13H16N4O2/c1-17(8-9-6-15-16-7-9)13(18)11-4-3-10(19-2)5-12(11)14/h3-7H,8,14H2,1-2H3,(H,15,16). The first-order chi connectivity index (χ1) is 9.11. The second-order valence-electron chi connectivity index (χ2n) is 4.22. The van der Waals surface area contributed by atoms with Gasteiger partial charge in [0.15, 0.2) is 0 Å². The topological polar surface area (TPSA) is 84.2 Å². The van der Waals surface area contributed by atoms with Crippen LogP contribution in [0, 0.1) is 0 Å². The lowest BCUT2D eigenvalue weighted by atomic mass is 10.1. The van der Waals surface area contributed by atoms with Gasteiger partial charge < -0.3 is 15.4 Å². The Kier molecular flexibility index (Phi) is 3.70. The van der Waals surface area contributed by atoms with Crippen LogP contribution < -0.4 is 10.5 Å². The second kappa shape index (κ2) is 5.43. The number of carbonyl (C=O) groups excluding carboxylic acids is 1. The lowest BCUT2D eigenvalue weighted by Crippen LogP contribution is -2.26. The van der Waals surface area contributed by atoms with Gasteiger partial charge in [-0.2, -0.15) is 5.10 Å². The Morgan fingerprint density at radius 2 is 2.32 bits per heavy atom. The van der Waals surface area contributed by atoms with Gasteiger partial charge in [-0.15, -0.1) is 0 Å². The van der Waals surface area contributed by atoms with Crippen molar-refractivity contribution in [3.05, 3.63) is 41.7 Å². The molecule has 6 heteroatoms. The van der Waals surface area contributed by atoms with E-state index in [-0.39, 0.29) is 5.91 Å². The average Bonchev–Trinajstić information content (AvgIpc) is 2.90. The molecular weight excluding hydrogens is 244 g/mol. The van der Waals surface area contributed by atoms with Gasteiger partial charge in [-0.1, -0.05) is 0 Å². The molecule has 0 aliphatic heterocycles. The van der Waals surface area contributed by atoms with E-state index in [1.807, 2.05) is 0 Å². The molecule has 0 bridgehead atoms. The number of amides is 1. The molecule has 19 heavy (non-hydrogen) atoms. The summed E-state index contributed by atoms with van der Waals surface area (Å²) in [5, 5.41) is 6.55. The van der Waals surface area contributed by atoms with Crippen molar-refractivity contribution in [2.45, 2.75) is 6.54 Å². The summed E-state index contributed by atoms with van der Waals surface area (Å²) in [6.07, 6.45) is 3.43. The summed E-state index contributed by atoms with van der Waals surface area (Å²) in [6.45, 7) is 0.473. The highest BCUT2D eigenvalue weighted by molar-refractivity contribution is 5.99. The number of hydrogen-bond donors (Lipinski definition) is 2. The van der Waals surface area contributed by atoms with Gasteiger partial charge in [0, 0.05) is 37.1 Å². The minimum absolute atomic E-state index is 0.138. The molecule has 0 aliphatic rings. The highest BCUT2D eigenvalue weighted by Gasteiger charge is 2.15. The molecule has 0 saturated heterocycles. The first kappa shape index (κ1) is 12.9. The normalized spacial score (nSPS) is 10.2. The fourth-order valence-electron chi connectivity index (χ4n) is 1.78. The lowest BCUT2D eigenvalue weighted by molar-refractivity contribution is 0.0786. The number of nitrogens with two attached hydrogens (primary N) is 1. The molecule has 0 fully saturated rings. The van der Waals surface area contributed by atoms with E-state index in [0.717, 1.165) is 5.56 Å². The zero-order valence-corrected chi connectivity index (χ0v) is 10.9. The number of aromatic nitrogens is 2. The first-order valence-electron chi connectivity index (χ1n) is 5.78. The van der Waals surface area contributed by atoms with Crippen LogP contribution in [0.4, 0.5) is 5.69 Å². The summed E-state index contributed by atoms with van der Waals surface area (Å²) in [5.74, 6) is 0.493. The van der Waals surface area contributed by atoms with E-state index in [9.17, 15) is 4.79 Å². The fourth-order valence-corrected chi connectivity index (χ4v) is 1.78. The van der Waals surface area contributed by atoms with Crippen LogP contribution in [-0.4, -0.2) is 35.2 Å². The zero-order chi connectivity index (χ0) is 13.8. The summed E-state index contributed by atoms with van der Waals surface area (Å²) >= 11 is 0. The number of nitrogens with zero attached hydrogens (tertiary/aromatic N) is 2. The van der Waals surface area contributed by atoms with Crippen LogP contribution in [0.25, 0.3) is 0 Å². The number of methoxy groups -OCH3 is 1. The summed E-state index contributed by atoms with van der Waals surface area (Å²) < 4.78 is 5.06. The molecule has 100 valence electrons. The number of nitrogens with one attached hydrogen (secondary N) is 1. The molecule has 2 aromatic rings. The number of hydrogen-bond acceptors (Lipinski definition) is 4.